The molecule has 0 spiro atoms. The molecule has 0 aliphatic heterocycles. The predicted molar refractivity (Wildman–Crippen MR) is 42.6 cm³/mol. The molecule has 0 saturated heterocycles. The molecule has 3 aliphatic rings. The van der Waals surface area contributed by atoms with Crippen LogP contribution in [0, 0.1) is 11.8 Å². The fourth-order valence-electron chi connectivity index (χ4n) is 2.04. The van der Waals surface area contributed by atoms with Crippen molar-refractivity contribution in [2.75, 3.05) is 0 Å². The molecule has 0 heterocycles. The molecule has 1 unspecified atom stereocenters. The zero-order valence-corrected chi connectivity index (χ0v) is 6.51. The molecule has 0 amide bonds. The lowest BCUT2D eigenvalue weighted by molar-refractivity contribution is 0.148. The Morgan fingerprint density at radius 2 is 2.20 bits per heavy atom. The highest BCUT2D eigenvalue weighted by molar-refractivity contribution is 5.10. The maximum Gasteiger partial charge on any atom is 0.0189 e. The van der Waals surface area contributed by atoms with Crippen LogP contribution < -0.4 is 5.73 Å². The van der Waals surface area contributed by atoms with Crippen molar-refractivity contribution in [1.82, 2.24) is 0 Å². The minimum atomic E-state index is 0.101. The van der Waals surface area contributed by atoms with Crippen LogP contribution >= 0.6 is 0 Å². The number of rotatable bonds is 0. The second-order valence-electron chi connectivity index (χ2n) is 4.07. The summed E-state index contributed by atoms with van der Waals surface area (Å²) in [5.74, 6) is 1.67. The van der Waals surface area contributed by atoms with Crippen molar-refractivity contribution in [3.05, 3.63) is 12.2 Å². The van der Waals surface area contributed by atoms with Gasteiger partial charge in [-0.15, -0.1) is 0 Å². The molecule has 3 aliphatic carbocycles. The Hall–Kier alpha value is -0.300. The SMILES string of the molecule is CC1(N)CC=CC2CC1C2. The molecular formula is C9H15N. The van der Waals surface area contributed by atoms with Gasteiger partial charge in [-0.1, -0.05) is 12.2 Å². The van der Waals surface area contributed by atoms with Gasteiger partial charge in [-0.2, -0.15) is 0 Å². The van der Waals surface area contributed by atoms with E-state index in [1.807, 2.05) is 0 Å². The van der Waals surface area contributed by atoms with Crippen LogP contribution in [-0.4, -0.2) is 5.54 Å². The van der Waals surface area contributed by atoms with Crippen molar-refractivity contribution in [3.8, 4) is 0 Å². The lowest BCUT2D eigenvalue weighted by atomic mass is 9.67. The smallest absolute Gasteiger partial charge is 0.0189 e. The molecule has 0 aromatic carbocycles. The van der Waals surface area contributed by atoms with Crippen LogP contribution in [0.25, 0.3) is 0 Å². The molecule has 1 saturated carbocycles. The molecule has 2 bridgehead atoms. The van der Waals surface area contributed by atoms with E-state index in [1.54, 1.807) is 0 Å². The van der Waals surface area contributed by atoms with Crippen molar-refractivity contribution in [2.24, 2.45) is 17.6 Å². The van der Waals surface area contributed by atoms with Crippen molar-refractivity contribution >= 4 is 0 Å². The van der Waals surface area contributed by atoms with E-state index >= 15 is 0 Å². The van der Waals surface area contributed by atoms with E-state index in [2.05, 4.69) is 19.1 Å². The summed E-state index contributed by atoms with van der Waals surface area (Å²) < 4.78 is 0. The lowest BCUT2D eigenvalue weighted by Gasteiger charge is -2.41. The number of fused-ring (bicyclic) bond motifs is 2. The quantitative estimate of drug-likeness (QED) is 0.505. The third-order valence-electron chi connectivity index (χ3n) is 3.07. The first-order chi connectivity index (χ1) is 4.68. The summed E-state index contributed by atoms with van der Waals surface area (Å²) in [4.78, 5) is 0. The van der Waals surface area contributed by atoms with E-state index in [9.17, 15) is 0 Å². The van der Waals surface area contributed by atoms with Gasteiger partial charge in [-0.05, 0) is 38.0 Å². The third kappa shape index (κ3) is 0.807. The lowest BCUT2D eigenvalue weighted by Crippen LogP contribution is -2.47. The maximum absolute atomic E-state index is 6.11. The van der Waals surface area contributed by atoms with Gasteiger partial charge in [0.05, 0.1) is 0 Å². The average Bonchev–Trinajstić information content (AvgIpc) is 1.90. The molecule has 56 valence electrons. The van der Waals surface area contributed by atoms with Gasteiger partial charge >= 0.3 is 0 Å². The first-order valence-corrected chi connectivity index (χ1v) is 4.14. The van der Waals surface area contributed by atoms with Gasteiger partial charge in [0.25, 0.3) is 0 Å². The summed E-state index contributed by atoms with van der Waals surface area (Å²) in [5.41, 5.74) is 6.21. The summed E-state index contributed by atoms with van der Waals surface area (Å²) in [6, 6.07) is 0. The molecule has 10 heavy (non-hydrogen) atoms. The summed E-state index contributed by atoms with van der Waals surface area (Å²) >= 11 is 0. The van der Waals surface area contributed by atoms with Crippen molar-refractivity contribution in [2.45, 2.75) is 31.7 Å². The van der Waals surface area contributed by atoms with Gasteiger partial charge in [0.15, 0.2) is 0 Å². The highest BCUT2D eigenvalue weighted by Crippen LogP contribution is 2.44. The Morgan fingerprint density at radius 3 is 2.90 bits per heavy atom. The van der Waals surface area contributed by atoms with Gasteiger partial charge < -0.3 is 5.73 Å². The van der Waals surface area contributed by atoms with Crippen LogP contribution in [0.4, 0.5) is 0 Å². The Balaban J connectivity index is 2.18. The van der Waals surface area contributed by atoms with Gasteiger partial charge in [0.2, 0.25) is 0 Å². The van der Waals surface area contributed by atoms with Crippen molar-refractivity contribution < 1.29 is 0 Å². The van der Waals surface area contributed by atoms with E-state index < -0.39 is 0 Å². The first-order valence-electron chi connectivity index (χ1n) is 4.14. The van der Waals surface area contributed by atoms with E-state index in [1.165, 1.54) is 12.8 Å². The van der Waals surface area contributed by atoms with Gasteiger partial charge in [-0.3, -0.25) is 0 Å². The van der Waals surface area contributed by atoms with Crippen LogP contribution in [0.2, 0.25) is 0 Å². The maximum atomic E-state index is 6.11. The predicted octanol–water partition coefficient (Wildman–Crippen LogP) is 1.69. The second-order valence-corrected chi connectivity index (χ2v) is 4.07. The minimum absolute atomic E-state index is 0.101. The highest BCUT2D eigenvalue weighted by Gasteiger charge is 2.40. The molecule has 1 fully saturated rings. The topological polar surface area (TPSA) is 26.0 Å². The van der Waals surface area contributed by atoms with E-state index in [0.29, 0.717) is 0 Å². The fourth-order valence-corrected chi connectivity index (χ4v) is 2.04. The molecule has 0 aromatic heterocycles. The van der Waals surface area contributed by atoms with E-state index in [0.717, 1.165) is 18.3 Å². The average molecular weight is 137 g/mol. The molecule has 1 atom stereocenters. The first kappa shape index (κ1) is 6.41. The van der Waals surface area contributed by atoms with Gasteiger partial charge in [-0.25, -0.2) is 0 Å². The zero-order valence-electron chi connectivity index (χ0n) is 6.51. The van der Waals surface area contributed by atoms with Crippen LogP contribution in [0.3, 0.4) is 0 Å². The summed E-state index contributed by atoms with van der Waals surface area (Å²) in [6.45, 7) is 2.18. The van der Waals surface area contributed by atoms with Gasteiger partial charge in [0.1, 0.15) is 0 Å². The van der Waals surface area contributed by atoms with Crippen molar-refractivity contribution in [3.63, 3.8) is 0 Å². The third-order valence-corrected chi connectivity index (χ3v) is 3.07. The standard InChI is InChI=1S/C9H15N/c1-9(10)4-2-3-7-5-8(9)6-7/h2-3,7-8H,4-6,10H2,1H3. The minimum Gasteiger partial charge on any atom is -0.325 e. The summed E-state index contributed by atoms with van der Waals surface area (Å²) in [6.07, 6.45) is 8.35. The summed E-state index contributed by atoms with van der Waals surface area (Å²) in [5, 5.41) is 0. The molecule has 0 radical (unpaired) electrons. The van der Waals surface area contributed by atoms with Crippen LogP contribution in [0.5, 0.6) is 0 Å². The monoisotopic (exact) mass is 137 g/mol. The normalized spacial score (nSPS) is 51.8. The Labute approximate surface area is 62.3 Å². The second kappa shape index (κ2) is 1.85. The Kier molecular flexibility index (Phi) is 1.19. The molecule has 1 heteroatoms. The molecule has 3 rings (SSSR count). The Bertz CT molecular complexity index is 164. The number of allylic oxidation sites excluding steroid dienone is 1. The van der Waals surface area contributed by atoms with Crippen molar-refractivity contribution in [1.29, 1.82) is 0 Å². The fraction of sp³-hybridized carbons (Fsp3) is 0.778. The Morgan fingerprint density at radius 1 is 1.50 bits per heavy atom. The zero-order chi connectivity index (χ0) is 7.19. The van der Waals surface area contributed by atoms with Crippen LogP contribution in [0.15, 0.2) is 12.2 Å². The number of hydrogen-bond donors (Lipinski definition) is 1. The van der Waals surface area contributed by atoms with E-state index in [4.69, 9.17) is 5.73 Å². The number of nitrogens with two attached hydrogens (primary N) is 1. The van der Waals surface area contributed by atoms with Crippen LogP contribution in [-0.2, 0) is 0 Å². The summed E-state index contributed by atoms with van der Waals surface area (Å²) in [7, 11) is 0. The molecule has 2 N–H and O–H groups in total. The molecule has 1 nitrogen and oxygen atoms in total. The largest absolute Gasteiger partial charge is 0.325 e. The highest BCUT2D eigenvalue weighted by atomic mass is 14.8. The van der Waals surface area contributed by atoms with Gasteiger partial charge in [0, 0.05) is 5.54 Å². The molecule has 0 aromatic rings. The number of hydrogen-bond acceptors (Lipinski definition) is 1. The molecular weight excluding hydrogens is 122 g/mol. The van der Waals surface area contributed by atoms with E-state index in [-0.39, 0.29) is 5.54 Å². The van der Waals surface area contributed by atoms with Crippen LogP contribution in [0.1, 0.15) is 26.2 Å².